The molecular weight excluding hydrogens is 248 g/mol. The number of hydrogen-bond donors (Lipinski definition) is 1. The van der Waals surface area contributed by atoms with E-state index in [1.54, 1.807) is 0 Å². The van der Waals surface area contributed by atoms with E-state index < -0.39 is 5.97 Å². The molecule has 0 aliphatic heterocycles. The molecule has 2 rings (SSSR count). The maximum absolute atomic E-state index is 11.6. The van der Waals surface area contributed by atoms with Crippen molar-refractivity contribution >= 4 is 11.9 Å². The molecular formula is C12H16N4O3. The zero-order chi connectivity index (χ0) is 13.7. The van der Waals surface area contributed by atoms with Crippen molar-refractivity contribution in [3.8, 4) is 0 Å². The van der Waals surface area contributed by atoms with Gasteiger partial charge in [0.2, 0.25) is 5.91 Å². The summed E-state index contributed by atoms with van der Waals surface area (Å²) in [5.41, 5.74) is 0.957. The lowest BCUT2D eigenvalue weighted by molar-refractivity contribution is -0.134. The van der Waals surface area contributed by atoms with Gasteiger partial charge in [0.15, 0.2) is 0 Å². The first kappa shape index (κ1) is 13.3. The van der Waals surface area contributed by atoms with E-state index in [9.17, 15) is 9.59 Å². The Balaban J connectivity index is 1.71. The van der Waals surface area contributed by atoms with Gasteiger partial charge in [0.25, 0.3) is 0 Å². The van der Waals surface area contributed by atoms with Gasteiger partial charge in [-0.25, -0.2) is 9.48 Å². The minimum Gasteiger partial charge on any atom is -0.466 e. The van der Waals surface area contributed by atoms with E-state index >= 15 is 0 Å². The van der Waals surface area contributed by atoms with Crippen LogP contribution in [0.25, 0.3) is 0 Å². The molecule has 1 saturated carbocycles. The molecule has 0 atom stereocenters. The van der Waals surface area contributed by atoms with Crippen LogP contribution in [0, 0.1) is 0 Å². The number of esters is 1. The highest BCUT2D eigenvalue weighted by Gasteiger charge is 2.26. The fourth-order valence-corrected chi connectivity index (χ4v) is 1.56. The molecule has 0 bridgehead atoms. The van der Waals surface area contributed by atoms with E-state index in [2.05, 4.69) is 20.4 Å². The molecule has 1 amide bonds. The predicted molar refractivity (Wildman–Crippen MR) is 66.2 cm³/mol. The quantitative estimate of drug-likeness (QED) is 0.577. The van der Waals surface area contributed by atoms with Crippen LogP contribution < -0.4 is 5.32 Å². The van der Waals surface area contributed by atoms with Crippen LogP contribution in [0.5, 0.6) is 0 Å². The molecule has 0 radical (unpaired) electrons. The van der Waals surface area contributed by atoms with E-state index in [1.807, 2.05) is 6.20 Å². The van der Waals surface area contributed by atoms with Gasteiger partial charge in [-0.15, -0.1) is 5.10 Å². The van der Waals surface area contributed by atoms with Crippen molar-refractivity contribution in [1.29, 1.82) is 0 Å². The summed E-state index contributed by atoms with van der Waals surface area (Å²) < 4.78 is 5.94. The van der Waals surface area contributed by atoms with Crippen molar-refractivity contribution in [2.24, 2.45) is 0 Å². The lowest BCUT2D eigenvalue weighted by Gasteiger charge is -2.01. The molecule has 1 aliphatic rings. The smallest absolute Gasteiger partial charge is 0.330 e. The van der Waals surface area contributed by atoms with Crippen LogP contribution in [0.2, 0.25) is 0 Å². The Hall–Kier alpha value is -2.18. The van der Waals surface area contributed by atoms with Crippen LogP contribution in [-0.4, -0.2) is 40.5 Å². The second-order valence-corrected chi connectivity index (χ2v) is 4.34. The Bertz CT molecular complexity index is 491. The van der Waals surface area contributed by atoms with Crippen LogP contribution in [0.3, 0.4) is 0 Å². The van der Waals surface area contributed by atoms with E-state index in [4.69, 9.17) is 0 Å². The summed E-state index contributed by atoms with van der Waals surface area (Å²) >= 11 is 0. The van der Waals surface area contributed by atoms with Gasteiger partial charge in [-0.2, -0.15) is 0 Å². The minimum atomic E-state index is -0.445. The molecule has 1 aliphatic carbocycles. The van der Waals surface area contributed by atoms with Crippen LogP contribution in [0.1, 0.15) is 24.5 Å². The Kier molecular flexibility index (Phi) is 4.27. The van der Waals surface area contributed by atoms with Crippen LogP contribution in [-0.2, 0) is 20.9 Å². The maximum Gasteiger partial charge on any atom is 0.330 e. The minimum absolute atomic E-state index is 0.131. The third-order valence-electron chi connectivity index (χ3n) is 2.73. The van der Waals surface area contributed by atoms with Crippen molar-refractivity contribution in [3.63, 3.8) is 0 Å². The largest absolute Gasteiger partial charge is 0.466 e. The average molecular weight is 264 g/mol. The molecule has 0 unspecified atom stereocenters. The molecule has 7 heteroatoms. The van der Waals surface area contributed by atoms with E-state index in [1.165, 1.54) is 23.9 Å². The second-order valence-electron chi connectivity index (χ2n) is 4.34. The third-order valence-corrected chi connectivity index (χ3v) is 2.73. The van der Waals surface area contributed by atoms with Gasteiger partial charge in [0.05, 0.1) is 12.8 Å². The second kappa shape index (κ2) is 6.12. The molecule has 1 fully saturated rings. The zero-order valence-corrected chi connectivity index (χ0v) is 10.7. The van der Waals surface area contributed by atoms with Crippen LogP contribution >= 0.6 is 0 Å². The highest BCUT2D eigenvalue weighted by molar-refractivity contribution is 5.82. The molecule has 0 aromatic carbocycles. The van der Waals surface area contributed by atoms with Crippen LogP contribution in [0.15, 0.2) is 18.3 Å². The fraction of sp³-hybridized carbons (Fsp3) is 0.500. The van der Waals surface area contributed by atoms with E-state index in [0.29, 0.717) is 5.92 Å². The summed E-state index contributed by atoms with van der Waals surface area (Å²) in [5, 5.41) is 10.6. The van der Waals surface area contributed by atoms with Crippen LogP contribution in [0.4, 0.5) is 0 Å². The number of carbonyl (C=O) groups excluding carboxylic acids is 2. The van der Waals surface area contributed by atoms with Crippen molar-refractivity contribution in [3.05, 3.63) is 24.0 Å². The number of nitrogens with one attached hydrogen (secondary N) is 1. The standard InChI is InChI=1S/C12H16N4O3/c1-19-12(18)3-2-6-13-11(17)8-16-7-10(14-15-16)9-4-5-9/h2-3,7,9H,4-6,8H2,1H3,(H,13,17)/b3-2+. The molecule has 19 heavy (non-hydrogen) atoms. The van der Waals surface area contributed by atoms with Gasteiger partial charge in [0.1, 0.15) is 6.54 Å². The van der Waals surface area contributed by atoms with Gasteiger partial charge >= 0.3 is 5.97 Å². The number of ether oxygens (including phenoxy) is 1. The summed E-state index contributed by atoms with van der Waals surface area (Å²) in [6, 6.07) is 0. The molecule has 102 valence electrons. The maximum atomic E-state index is 11.6. The van der Waals surface area contributed by atoms with Crippen molar-refractivity contribution in [2.45, 2.75) is 25.3 Å². The summed E-state index contributed by atoms with van der Waals surface area (Å²) in [5.74, 6) is -0.0961. The zero-order valence-electron chi connectivity index (χ0n) is 10.7. The highest BCUT2D eigenvalue weighted by Crippen LogP contribution is 2.38. The summed E-state index contributed by atoms with van der Waals surface area (Å²) in [6.45, 7) is 0.407. The number of hydrogen-bond acceptors (Lipinski definition) is 5. The fourth-order valence-electron chi connectivity index (χ4n) is 1.56. The van der Waals surface area contributed by atoms with Gasteiger partial charge in [-0.05, 0) is 12.8 Å². The molecule has 0 spiro atoms. The SMILES string of the molecule is COC(=O)/C=C/CNC(=O)Cn1cc(C2CC2)nn1. The summed E-state index contributed by atoms with van der Waals surface area (Å²) in [4.78, 5) is 22.3. The third kappa shape index (κ3) is 4.20. The van der Waals surface area contributed by atoms with Gasteiger partial charge < -0.3 is 10.1 Å². The topological polar surface area (TPSA) is 86.1 Å². The molecule has 1 N–H and O–H groups in total. The number of amides is 1. The number of carbonyl (C=O) groups is 2. The molecule has 0 saturated heterocycles. The highest BCUT2D eigenvalue weighted by atomic mass is 16.5. The number of aromatic nitrogens is 3. The molecule has 1 aromatic rings. The van der Waals surface area contributed by atoms with Gasteiger partial charge in [-0.3, -0.25) is 4.79 Å². The first-order valence-electron chi connectivity index (χ1n) is 6.10. The van der Waals surface area contributed by atoms with Crippen molar-refractivity contribution in [2.75, 3.05) is 13.7 Å². The molecule has 7 nitrogen and oxygen atoms in total. The summed E-state index contributed by atoms with van der Waals surface area (Å²) in [7, 11) is 1.30. The monoisotopic (exact) mass is 264 g/mol. The number of nitrogens with zero attached hydrogens (tertiary/aromatic N) is 3. The van der Waals surface area contributed by atoms with Crippen molar-refractivity contribution < 1.29 is 14.3 Å². The predicted octanol–water partition coefficient (Wildman–Crippen LogP) is 0.000900. The summed E-state index contributed by atoms with van der Waals surface area (Å²) in [6.07, 6.45) is 6.91. The first-order valence-corrected chi connectivity index (χ1v) is 6.10. The Labute approximate surface area is 110 Å². The first-order chi connectivity index (χ1) is 9.19. The van der Waals surface area contributed by atoms with Gasteiger partial charge in [0, 0.05) is 24.7 Å². The van der Waals surface area contributed by atoms with Gasteiger partial charge in [-0.1, -0.05) is 11.3 Å². The number of rotatable bonds is 6. The normalized spacial score (nSPS) is 14.6. The molecule has 1 heterocycles. The lowest BCUT2D eigenvalue weighted by Crippen LogP contribution is -2.28. The average Bonchev–Trinajstić information content (AvgIpc) is 3.15. The Morgan fingerprint density at radius 3 is 3.05 bits per heavy atom. The molecule has 1 aromatic heterocycles. The number of methoxy groups -OCH3 is 1. The van der Waals surface area contributed by atoms with E-state index in [-0.39, 0.29) is 19.0 Å². The Morgan fingerprint density at radius 2 is 2.37 bits per heavy atom. The Morgan fingerprint density at radius 1 is 1.58 bits per heavy atom. The lowest BCUT2D eigenvalue weighted by atomic mass is 10.3. The van der Waals surface area contributed by atoms with E-state index in [0.717, 1.165) is 18.5 Å². The van der Waals surface area contributed by atoms with Crippen molar-refractivity contribution in [1.82, 2.24) is 20.3 Å².